The molecule has 0 bridgehead atoms. The Hall–Kier alpha value is -2.03. The van der Waals surface area contributed by atoms with E-state index >= 15 is 0 Å². The van der Waals surface area contributed by atoms with Gasteiger partial charge in [-0.05, 0) is 41.4 Å². The zero-order valence-corrected chi connectivity index (χ0v) is 16.2. The van der Waals surface area contributed by atoms with Crippen LogP contribution in [0.1, 0.15) is 11.1 Å². The highest BCUT2D eigenvalue weighted by Crippen LogP contribution is 2.49. The van der Waals surface area contributed by atoms with E-state index in [4.69, 9.17) is 5.73 Å². The molecule has 152 valence electrons. The Labute approximate surface area is 163 Å². The van der Waals surface area contributed by atoms with Crippen LogP contribution in [-0.2, 0) is 21.9 Å². The number of nitrogen functional groups attached to an aromatic ring is 1. The Morgan fingerprint density at radius 2 is 1.93 bits per heavy atom. The molecule has 0 aliphatic rings. The van der Waals surface area contributed by atoms with Gasteiger partial charge in [-0.1, -0.05) is 24.3 Å². The Bertz CT molecular complexity index is 877. The smallest absolute Gasteiger partial charge is 0.446 e. The average molecular weight is 434 g/mol. The van der Waals surface area contributed by atoms with E-state index in [1.807, 2.05) is 0 Å². The third-order valence-corrected chi connectivity index (χ3v) is 6.50. The molecule has 0 radical (unpaired) electrons. The summed E-state index contributed by atoms with van der Waals surface area (Å²) in [7, 11) is -4.07. The van der Waals surface area contributed by atoms with Crippen LogP contribution in [0.5, 0.6) is 0 Å². The third kappa shape index (κ3) is 7.18. The molecule has 0 fully saturated rings. The molecule has 0 amide bonds. The van der Waals surface area contributed by atoms with Crippen molar-refractivity contribution in [3.8, 4) is 0 Å². The number of rotatable bonds is 8. The molecular formula is C17H18F3N2O4PS. The van der Waals surface area contributed by atoms with Gasteiger partial charge in [0.15, 0.2) is 0 Å². The molecule has 0 saturated carbocycles. The summed E-state index contributed by atoms with van der Waals surface area (Å²) in [5, 5.41) is 9.40. The molecule has 2 atom stereocenters. The van der Waals surface area contributed by atoms with Gasteiger partial charge in [0, 0.05) is 17.3 Å². The lowest BCUT2D eigenvalue weighted by molar-refractivity contribution is -0.141. The maximum atomic E-state index is 12.7. The third-order valence-electron chi connectivity index (χ3n) is 3.80. The number of aromatic nitrogens is 1. The number of hydrogen-bond acceptors (Lipinski definition) is 5. The van der Waals surface area contributed by atoms with Gasteiger partial charge in [-0.15, -0.1) is 0 Å². The zero-order chi connectivity index (χ0) is 20.9. The topological polar surface area (TPSA) is 114 Å². The lowest BCUT2D eigenvalue weighted by Crippen LogP contribution is -2.21. The van der Waals surface area contributed by atoms with Crippen molar-refractivity contribution in [1.82, 2.24) is 4.98 Å². The first kappa shape index (κ1) is 22.3. The number of carbonyl (C=O) groups is 1. The minimum Gasteiger partial charge on any atom is -0.481 e. The number of nitrogens with two attached hydrogens (primary N) is 1. The standard InChI is InChI=1S/C17H18F3N2O4PS/c18-17(19,20)28-14-4-2-1-3-12(14)9-27(25,26)10-13(16(23)24)7-11-5-6-15(21)22-8-11/h1-6,8,13H,7,9-10H2,(H2,21,22)(H,23,24)(H,25,26). The molecule has 1 aromatic heterocycles. The first-order valence-electron chi connectivity index (χ1n) is 8.03. The normalized spacial score (nSPS) is 15.0. The molecule has 0 spiro atoms. The molecule has 1 heterocycles. The Balaban J connectivity index is 2.16. The van der Waals surface area contributed by atoms with E-state index in [2.05, 4.69) is 4.98 Å². The summed E-state index contributed by atoms with van der Waals surface area (Å²) in [5.74, 6) is -2.21. The molecule has 6 nitrogen and oxygen atoms in total. The summed E-state index contributed by atoms with van der Waals surface area (Å²) in [6, 6.07) is 8.45. The minimum atomic E-state index is -4.54. The molecule has 2 unspecified atom stereocenters. The zero-order valence-electron chi connectivity index (χ0n) is 14.5. The van der Waals surface area contributed by atoms with Crippen molar-refractivity contribution in [2.24, 2.45) is 5.92 Å². The summed E-state index contributed by atoms with van der Waals surface area (Å²) < 4.78 is 50.7. The van der Waals surface area contributed by atoms with Crippen molar-refractivity contribution in [2.45, 2.75) is 23.0 Å². The van der Waals surface area contributed by atoms with Crippen molar-refractivity contribution in [3.63, 3.8) is 0 Å². The predicted octanol–water partition coefficient (Wildman–Crippen LogP) is 3.99. The summed E-state index contributed by atoms with van der Waals surface area (Å²) >= 11 is -0.371. The van der Waals surface area contributed by atoms with E-state index < -0.39 is 37.1 Å². The molecule has 4 N–H and O–H groups in total. The van der Waals surface area contributed by atoms with Crippen LogP contribution >= 0.6 is 19.1 Å². The van der Waals surface area contributed by atoms with Crippen LogP contribution in [0.25, 0.3) is 0 Å². The SMILES string of the molecule is Nc1ccc(CC(CP(=O)(O)Cc2ccccc2SC(F)(F)F)C(=O)O)cn1. The average Bonchev–Trinajstić information content (AvgIpc) is 2.56. The fourth-order valence-corrected chi connectivity index (χ4v) is 5.29. The van der Waals surface area contributed by atoms with Crippen LogP contribution in [0, 0.1) is 5.92 Å². The predicted molar refractivity (Wildman–Crippen MR) is 100 cm³/mol. The molecule has 0 saturated heterocycles. The van der Waals surface area contributed by atoms with Gasteiger partial charge in [0.25, 0.3) is 0 Å². The highest BCUT2D eigenvalue weighted by Gasteiger charge is 2.33. The van der Waals surface area contributed by atoms with E-state index in [1.165, 1.54) is 36.5 Å². The summed E-state index contributed by atoms with van der Waals surface area (Å²) in [4.78, 5) is 25.5. The van der Waals surface area contributed by atoms with E-state index in [1.54, 1.807) is 6.07 Å². The van der Waals surface area contributed by atoms with Gasteiger partial charge in [-0.25, -0.2) is 4.98 Å². The lowest BCUT2D eigenvalue weighted by Gasteiger charge is -2.19. The van der Waals surface area contributed by atoms with Gasteiger partial charge >= 0.3 is 11.5 Å². The molecule has 28 heavy (non-hydrogen) atoms. The first-order valence-corrected chi connectivity index (χ1v) is 10.9. The van der Waals surface area contributed by atoms with E-state index in [-0.39, 0.29) is 34.5 Å². The highest BCUT2D eigenvalue weighted by atomic mass is 32.2. The van der Waals surface area contributed by atoms with Crippen molar-refractivity contribution in [3.05, 3.63) is 53.7 Å². The second-order valence-corrected chi connectivity index (χ2v) is 9.65. The number of thioether (sulfide) groups is 1. The fourth-order valence-electron chi connectivity index (χ4n) is 2.60. The van der Waals surface area contributed by atoms with Crippen molar-refractivity contribution in [2.75, 3.05) is 11.9 Å². The molecule has 1 aromatic carbocycles. The number of anilines is 1. The number of nitrogens with zero attached hydrogens (tertiary/aromatic N) is 1. The highest BCUT2D eigenvalue weighted by molar-refractivity contribution is 8.00. The van der Waals surface area contributed by atoms with Crippen molar-refractivity contribution in [1.29, 1.82) is 0 Å². The molecule has 2 aromatic rings. The lowest BCUT2D eigenvalue weighted by atomic mass is 10.0. The number of benzene rings is 1. The number of pyridine rings is 1. The number of aliphatic carboxylic acids is 1. The molecule has 0 aliphatic heterocycles. The maximum Gasteiger partial charge on any atom is 0.446 e. The van der Waals surface area contributed by atoms with Crippen LogP contribution in [0.15, 0.2) is 47.5 Å². The quantitative estimate of drug-likeness (QED) is 0.425. The van der Waals surface area contributed by atoms with Crippen LogP contribution in [0.3, 0.4) is 0 Å². The fraction of sp³-hybridized carbons (Fsp3) is 0.294. The van der Waals surface area contributed by atoms with Crippen LogP contribution in [-0.4, -0.2) is 32.6 Å². The molecular weight excluding hydrogens is 416 g/mol. The number of carboxylic acid groups (broad SMARTS) is 1. The van der Waals surface area contributed by atoms with Gasteiger partial charge in [0.05, 0.1) is 12.1 Å². The van der Waals surface area contributed by atoms with Gasteiger partial charge in [0.1, 0.15) is 5.82 Å². The molecule has 11 heteroatoms. The molecule has 2 rings (SSSR count). The minimum absolute atomic E-state index is 0.0495. The Morgan fingerprint density at radius 3 is 2.50 bits per heavy atom. The number of carboxylic acids is 1. The van der Waals surface area contributed by atoms with Crippen molar-refractivity contribution >= 4 is 30.9 Å². The van der Waals surface area contributed by atoms with Gasteiger partial charge in [-0.3, -0.25) is 9.36 Å². The van der Waals surface area contributed by atoms with Gasteiger partial charge in [-0.2, -0.15) is 13.2 Å². The summed E-state index contributed by atoms with van der Waals surface area (Å²) in [6.45, 7) is 0. The van der Waals surface area contributed by atoms with E-state index in [9.17, 15) is 32.5 Å². The van der Waals surface area contributed by atoms with E-state index in [0.717, 1.165) is 0 Å². The largest absolute Gasteiger partial charge is 0.481 e. The van der Waals surface area contributed by atoms with Crippen LogP contribution < -0.4 is 5.73 Å². The summed E-state index contributed by atoms with van der Waals surface area (Å²) in [5.41, 5.74) is 1.50. The second kappa shape index (κ2) is 8.98. The number of halogens is 3. The number of alkyl halides is 3. The Morgan fingerprint density at radius 1 is 1.25 bits per heavy atom. The van der Waals surface area contributed by atoms with E-state index in [0.29, 0.717) is 5.56 Å². The van der Waals surface area contributed by atoms with Crippen LogP contribution in [0.2, 0.25) is 0 Å². The Kier molecular flexibility index (Phi) is 7.14. The first-order chi connectivity index (χ1) is 13.0. The van der Waals surface area contributed by atoms with Gasteiger partial charge in [0.2, 0.25) is 7.37 Å². The van der Waals surface area contributed by atoms with Gasteiger partial charge < -0.3 is 15.7 Å². The summed E-state index contributed by atoms with van der Waals surface area (Å²) in [6.07, 6.45) is 0.211. The number of hydrogen-bond donors (Lipinski definition) is 3. The van der Waals surface area contributed by atoms with Crippen LogP contribution in [0.4, 0.5) is 19.0 Å². The second-order valence-electron chi connectivity index (χ2n) is 6.17. The molecule has 0 aliphatic carbocycles. The maximum absolute atomic E-state index is 12.7. The monoisotopic (exact) mass is 434 g/mol. The van der Waals surface area contributed by atoms with Crippen molar-refractivity contribution < 1.29 is 32.5 Å².